The molecule has 1 rings (SSSR count). The smallest absolute Gasteiger partial charge is 0.0386 e. The molecule has 0 aromatic carbocycles. The molecule has 1 aliphatic rings. The summed E-state index contributed by atoms with van der Waals surface area (Å²) in [5, 5.41) is 3.22. The predicted molar refractivity (Wildman–Crippen MR) is 42.6 cm³/mol. The van der Waals surface area contributed by atoms with Gasteiger partial charge in [0, 0.05) is 34.9 Å². The lowest BCUT2D eigenvalue weighted by Crippen LogP contribution is -2.40. The van der Waals surface area contributed by atoms with Crippen LogP contribution < -0.4 is 5.32 Å². The Kier molecular flexibility index (Phi) is 4.44. The van der Waals surface area contributed by atoms with Crippen LogP contribution in [0.15, 0.2) is 0 Å². The van der Waals surface area contributed by atoms with Gasteiger partial charge in [0.1, 0.15) is 0 Å². The first-order valence-corrected chi connectivity index (χ1v) is 4.36. The van der Waals surface area contributed by atoms with E-state index in [1.807, 2.05) is 0 Å². The van der Waals surface area contributed by atoms with E-state index in [1.54, 1.807) is 0 Å². The van der Waals surface area contributed by atoms with E-state index in [-0.39, 0.29) is 12.4 Å². The van der Waals surface area contributed by atoms with Gasteiger partial charge in [-0.15, -0.1) is 12.4 Å². The second kappa shape index (κ2) is 4.25. The summed E-state index contributed by atoms with van der Waals surface area (Å²) >= 11 is 0. The average molecular weight is 170 g/mol. The quantitative estimate of drug-likeness (QED) is 0.560. The number of hydrogen-bond donors (Lipinski definition) is 1. The van der Waals surface area contributed by atoms with Crippen molar-refractivity contribution in [2.45, 2.75) is 13.0 Å². The van der Waals surface area contributed by atoms with Crippen molar-refractivity contribution in [2.75, 3.05) is 18.1 Å². The fourth-order valence-electron chi connectivity index (χ4n) is 0.840. The molecule has 1 N–H and O–H groups in total. The van der Waals surface area contributed by atoms with E-state index in [4.69, 9.17) is 0 Å². The summed E-state index contributed by atoms with van der Waals surface area (Å²) < 4.78 is 10.7. The van der Waals surface area contributed by atoms with Gasteiger partial charge in [-0.25, -0.2) is 0 Å². The molecule has 0 radical (unpaired) electrons. The standard InChI is InChI=1S/C5H11NOS.ClH/c1-5-4-8(7)3-2-6-5;/h5-6H,2-4H2,1H3;1H. The summed E-state index contributed by atoms with van der Waals surface area (Å²) in [5.41, 5.74) is 0. The van der Waals surface area contributed by atoms with Crippen LogP contribution in [-0.4, -0.2) is 28.3 Å². The first-order valence-electron chi connectivity index (χ1n) is 2.87. The van der Waals surface area contributed by atoms with Gasteiger partial charge in [-0.2, -0.15) is 0 Å². The molecule has 1 aliphatic heterocycles. The van der Waals surface area contributed by atoms with E-state index in [1.165, 1.54) is 0 Å². The summed E-state index contributed by atoms with van der Waals surface area (Å²) in [6.07, 6.45) is 0. The summed E-state index contributed by atoms with van der Waals surface area (Å²) in [7, 11) is -0.533. The minimum atomic E-state index is -0.533. The summed E-state index contributed by atoms with van der Waals surface area (Å²) in [4.78, 5) is 0. The van der Waals surface area contributed by atoms with Crippen molar-refractivity contribution in [2.24, 2.45) is 0 Å². The molecule has 9 heavy (non-hydrogen) atoms. The SMILES string of the molecule is CC1CS(=O)CCN1.Cl. The third-order valence-electron chi connectivity index (χ3n) is 1.26. The summed E-state index contributed by atoms with van der Waals surface area (Å²) in [6.45, 7) is 2.99. The van der Waals surface area contributed by atoms with Crippen LogP contribution in [0.5, 0.6) is 0 Å². The molecular formula is C5H12ClNOS. The Labute approximate surface area is 64.3 Å². The maximum absolute atomic E-state index is 10.7. The summed E-state index contributed by atoms with van der Waals surface area (Å²) in [5.74, 6) is 1.67. The molecule has 0 saturated carbocycles. The lowest BCUT2D eigenvalue weighted by molar-refractivity contribution is 0.584. The van der Waals surface area contributed by atoms with Crippen molar-refractivity contribution in [1.29, 1.82) is 0 Å². The monoisotopic (exact) mass is 169 g/mol. The molecule has 4 heteroatoms. The minimum Gasteiger partial charge on any atom is -0.312 e. The van der Waals surface area contributed by atoms with Gasteiger partial charge < -0.3 is 5.32 Å². The normalized spacial score (nSPS) is 35.2. The highest BCUT2D eigenvalue weighted by Crippen LogP contribution is 1.93. The molecule has 2 nitrogen and oxygen atoms in total. The first-order chi connectivity index (χ1) is 3.79. The maximum Gasteiger partial charge on any atom is 0.0386 e. The van der Waals surface area contributed by atoms with Crippen molar-refractivity contribution in [3.63, 3.8) is 0 Å². The van der Waals surface area contributed by atoms with Crippen LogP contribution in [0.2, 0.25) is 0 Å². The Morgan fingerprint density at radius 3 is 2.67 bits per heavy atom. The van der Waals surface area contributed by atoms with E-state index >= 15 is 0 Å². The Bertz CT molecular complexity index is 109. The van der Waals surface area contributed by atoms with E-state index in [0.29, 0.717) is 6.04 Å². The molecular weight excluding hydrogens is 158 g/mol. The van der Waals surface area contributed by atoms with Gasteiger partial charge in [0.2, 0.25) is 0 Å². The second-order valence-corrected chi connectivity index (χ2v) is 3.79. The van der Waals surface area contributed by atoms with Crippen molar-refractivity contribution in [3.8, 4) is 0 Å². The molecule has 1 heterocycles. The molecule has 2 atom stereocenters. The molecule has 0 amide bonds. The highest BCUT2D eigenvalue weighted by atomic mass is 35.5. The zero-order valence-corrected chi connectivity index (χ0v) is 7.06. The number of rotatable bonds is 0. The fraction of sp³-hybridized carbons (Fsp3) is 1.00. The van der Waals surface area contributed by atoms with E-state index in [9.17, 15) is 4.21 Å². The maximum atomic E-state index is 10.7. The minimum absolute atomic E-state index is 0. The van der Waals surface area contributed by atoms with Crippen molar-refractivity contribution in [3.05, 3.63) is 0 Å². The highest BCUT2D eigenvalue weighted by Gasteiger charge is 2.11. The molecule has 0 spiro atoms. The predicted octanol–water partition coefficient (Wildman–Crippen LogP) is 0.149. The molecule has 0 aromatic rings. The van der Waals surface area contributed by atoms with Crippen molar-refractivity contribution < 1.29 is 4.21 Å². The Morgan fingerprint density at radius 1 is 1.67 bits per heavy atom. The summed E-state index contributed by atoms with van der Waals surface area (Å²) in [6, 6.07) is 0.463. The van der Waals surface area contributed by atoms with Gasteiger partial charge >= 0.3 is 0 Å². The van der Waals surface area contributed by atoms with Crippen LogP contribution in [0.4, 0.5) is 0 Å². The molecule has 56 valence electrons. The molecule has 1 saturated heterocycles. The van der Waals surface area contributed by atoms with Gasteiger partial charge in [0.25, 0.3) is 0 Å². The van der Waals surface area contributed by atoms with Crippen molar-refractivity contribution >= 4 is 23.2 Å². The molecule has 1 fully saturated rings. The van der Waals surface area contributed by atoms with Crippen LogP contribution >= 0.6 is 12.4 Å². The van der Waals surface area contributed by atoms with Crippen LogP contribution in [-0.2, 0) is 10.8 Å². The Morgan fingerprint density at radius 2 is 2.33 bits per heavy atom. The molecule has 0 bridgehead atoms. The lowest BCUT2D eigenvalue weighted by atomic mass is 10.4. The van der Waals surface area contributed by atoms with E-state index in [0.717, 1.165) is 18.1 Å². The van der Waals surface area contributed by atoms with Gasteiger partial charge in [0.05, 0.1) is 0 Å². The van der Waals surface area contributed by atoms with E-state index in [2.05, 4.69) is 12.2 Å². The zero-order valence-electron chi connectivity index (χ0n) is 5.42. The Balaban J connectivity index is 0.000000640. The number of halogens is 1. The van der Waals surface area contributed by atoms with Crippen LogP contribution in [0.25, 0.3) is 0 Å². The topological polar surface area (TPSA) is 29.1 Å². The number of nitrogens with one attached hydrogen (secondary N) is 1. The third-order valence-corrected chi connectivity index (χ3v) is 2.79. The average Bonchev–Trinajstić information content (AvgIpc) is 1.64. The van der Waals surface area contributed by atoms with Crippen LogP contribution in [0.1, 0.15) is 6.92 Å². The Hall–Kier alpha value is 0.400. The largest absolute Gasteiger partial charge is 0.312 e. The van der Waals surface area contributed by atoms with Crippen LogP contribution in [0.3, 0.4) is 0 Å². The fourth-order valence-corrected chi connectivity index (χ4v) is 2.03. The first kappa shape index (κ1) is 9.40. The van der Waals surface area contributed by atoms with Crippen LogP contribution in [0, 0.1) is 0 Å². The third kappa shape index (κ3) is 3.18. The van der Waals surface area contributed by atoms with Crippen molar-refractivity contribution in [1.82, 2.24) is 5.32 Å². The van der Waals surface area contributed by atoms with E-state index < -0.39 is 10.8 Å². The molecule has 0 aromatic heterocycles. The van der Waals surface area contributed by atoms with Gasteiger partial charge in [-0.1, -0.05) is 0 Å². The molecule has 2 unspecified atom stereocenters. The lowest BCUT2D eigenvalue weighted by Gasteiger charge is -2.18. The van der Waals surface area contributed by atoms with Gasteiger partial charge in [-0.05, 0) is 6.92 Å². The zero-order chi connectivity index (χ0) is 5.98. The highest BCUT2D eigenvalue weighted by molar-refractivity contribution is 7.85. The number of hydrogen-bond acceptors (Lipinski definition) is 2. The molecule has 0 aliphatic carbocycles. The van der Waals surface area contributed by atoms with Gasteiger partial charge in [0.15, 0.2) is 0 Å². The second-order valence-electron chi connectivity index (χ2n) is 2.17. The van der Waals surface area contributed by atoms with Gasteiger partial charge in [-0.3, -0.25) is 4.21 Å².